The second-order valence-electron chi connectivity index (χ2n) is 5.59. The summed E-state index contributed by atoms with van der Waals surface area (Å²) in [6, 6.07) is -2.37. The smallest absolute Gasteiger partial charge is 0.322 e. The molecule has 12 heteroatoms. The number of carboxylic acid groups (broad SMARTS) is 2. The van der Waals surface area contributed by atoms with Crippen molar-refractivity contribution in [1.29, 1.82) is 0 Å². The zero-order valence-corrected chi connectivity index (χ0v) is 15.8. The first-order valence-electron chi connectivity index (χ1n) is 8.35. The number of carboxylic acids is 2. The SMILES string of the molecule is CCCCNC(=O)SC[C@H](NC(=O)CC[C@H](N)C(=O)O)C(=O)NCC(=O)O. The molecule has 11 nitrogen and oxygen atoms in total. The molecule has 7 N–H and O–H groups in total. The molecule has 2 atom stereocenters. The van der Waals surface area contributed by atoms with Gasteiger partial charge in [0.15, 0.2) is 0 Å². The molecule has 3 amide bonds. The lowest BCUT2D eigenvalue weighted by Gasteiger charge is -2.18. The van der Waals surface area contributed by atoms with Crippen molar-refractivity contribution in [3.05, 3.63) is 0 Å². The minimum absolute atomic E-state index is 0.111. The van der Waals surface area contributed by atoms with Gasteiger partial charge in [0.1, 0.15) is 18.6 Å². The van der Waals surface area contributed by atoms with Crippen molar-refractivity contribution in [3.8, 4) is 0 Å². The normalized spacial score (nSPS) is 12.5. The predicted molar refractivity (Wildman–Crippen MR) is 98.2 cm³/mol. The molecule has 0 unspecified atom stereocenters. The fourth-order valence-corrected chi connectivity index (χ4v) is 2.48. The van der Waals surface area contributed by atoms with Crippen LogP contribution in [0.5, 0.6) is 0 Å². The zero-order chi connectivity index (χ0) is 20.8. The van der Waals surface area contributed by atoms with E-state index in [0.29, 0.717) is 6.54 Å². The molecule has 154 valence electrons. The average Bonchev–Trinajstić information content (AvgIpc) is 2.60. The summed E-state index contributed by atoms with van der Waals surface area (Å²) in [5, 5.41) is 24.1. The van der Waals surface area contributed by atoms with Gasteiger partial charge in [0, 0.05) is 18.7 Å². The highest BCUT2D eigenvalue weighted by atomic mass is 32.2. The Balaban J connectivity index is 4.65. The van der Waals surface area contributed by atoms with Crippen LogP contribution in [0.25, 0.3) is 0 Å². The molecule has 27 heavy (non-hydrogen) atoms. The quantitative estimate of drug-likeness (QED) is 0.211. The van der Waals surface area contributed by atoms with Crippen LogP contribution in [0.4, 0.5) is 4.79 Å². The Morgan fingerprint density at radius 2 is 1.78 bits per heavy atom. The summed E-state index contributed by atoms with van der Waals surface area (Å²) >= 11 is 0.777. The number of unbranched alkanes of at least 4 members (excludes halogenated alkanes) is 1. The van der Waals surface area contributed by atoms with E-state index >= 15 is 0 Å². The standard InChI is InChI=1S/C15H26N4O7S/c1-2-3-6-17-15(26)27-8-10(13(23)18-7-12(21)22)19-11(20)5-4-9(16)14(24)25/h9-10H,2-8,16H2,1H3,(H,17,26)(H,18,23)(H,19,20)(H,21,22)(H,24,25)/t9-,10-/m0/s1. The van der Waals surface area contributed by atoms with E-state index in [-0.39, 0.29) is 23.8 Å². The van der Waals surface area contributed by atoms with Crippen LogP contribution in [0, 0.1) is 0 Å². The van der Waals surface area contributed by atoms with Crippen LogP contribution in [-0.4, -0.2) is 70.1 Å². The predicted octanol–water partition coefficient (Wildman–Crippen LogP) is -0.893. The monoisotopic (exact) mass is 406 g/mol. The molecule has 0 heterocycles. The van der Waals surface area contributed by atoms with E-state index < -0.39 is 42.4 Å². The van der Waals surface area contributed by atoms with Gasteiger partial charge in [-0.3, -0.25) is 24.0 Å². The van der Waals surface area contributed by atoms with Crippen molar-refractivity contribution < 1.29 is 34.2 Å². The molecule has 0 saturated heterocycles. The van der Waals surface area contributed by atoms with E-state index in [2.05, 4.69) is 16.0 Å². The summed E-state index contributed by atoms with van der Waals surface area (Å²) in [5.74, 6) is -4.01. The summed E-state index contributed by atoms with van der Waals surface area (Å²) in [5.41, 5.74) is 5.31. The summed E-state index contributed by atoms with van der Waals surface area (Å²) < 4.78 is 0. The Morgan fingerprint density at radius 1 is 1.11 bits per heavy atom. The highest BCUT2D eigenvalue weighted by Gasteiger charge is 2.23. The summed E-state index contributed by atoms with van der Waals surface area (Å²) in [4.78, 5) is 56.9. The number of nitrogens with two attached hydrogens (primary N) is 1. The number of hydrogen-bond acceptors (Lipinski definition) is 7. The number of thioether (sulfide) groups is 1. The van der Waals surface area contributed by atoms with E-state index in [1.807, 2.05) is 6.92 Å². The third kappa shape index (κ3) is 12.6. The number of carbonyl (C=O) groups excluding carboxylic acids is 3. The molecule has 0 bridgehead atoms. The van der Waals surface area contributed by atoms with Gasteiger partial charge < -0.3 is 31.9 Å². The van der Waals surface area contributed by atoms with Gasteiger partial charge in [-0.25, -0.2) is 0 Å². The van der Waals surface area contributed by atoms with Crippen molar-refractivity contribution >= 4 is 40.8 Å². The van der Waals surface area contributed by atoms with Crippen LogP contribution in [0.15, 0.2) is 0 Å². The molecule has 0 aliphatic carbocycles. The fourth-order valence-electron chi connectivity index (χ4n) is 1.72. The van der Waals surface area contributed by atoms with Crippen LogP contribution in [0.3, 0.4) is 0 Å². The van der Waals surface area contributed by atoms with Gasteiger partial charge in [-0.1, -0.05) is 25.1 Å². The fraction of sp³-hybridized carbons (Fsp3) is 0.667. The lowest BCUT2D eigenvalue weighted by molar-refractivity contribution is -0.139. The minimum atomic E-state index is -1.26. The third-order valence-corrected chi connectivity index (χ3v) is 4.15. The first-order valence-corrected chi connectivity index (χ1v) is 9.33. The first-order chi connectivity index (χ1) is 12.7. The van der Waals surface area contributed by atoms with Gasteiger partial charge in [-0.15, -0.1) is 0 Å². The summed E-state index contributed by atoms with van der Waals surface area (Å²) in [6.45, 7) is 1.81. The van der Waals surface area contributed by atoms with Gasteiger partial charge in [-0.2, -0.15) is 0 Å². The second-order valence-corrected chi connectivity index (χ2v) is 6.59. The van der Waals surface area contributed by atoms with E-state index in [1.54, 1.807) is 0 Å². The van der Waals surface area contributed by atoms with Gasteiger partial charge in [-0.05, 0) is 12.8 Å². The second kappa shape index (κ2) is 13.8. The van der Waals surface area contributed by atoms with Gasteiger partial charge in [0.05, 0.1) is 0 Å². The van der Waals surface area contributed by atoms with E-state index in [4.69, 9.17) is 15.9 Å². The van der Waals surface area contributed by atoms with Crippen LogP contribution in [0.2, 0.25) is 0 Å². The van der Waals surface area contributed by atoms with Crippen molar-refractivity contribution in [1.82, 2.24) is 16.0 Å². The van der Waals surface area contributed by atoms with Gasteiger partial charge in [0.2, 0.25) is 11.8 Å². The van der Waals surface area contributed by atoms with Crippen LogP contribution in [0.1, 0.15) is 32.6 Å². The topological polar surface area (TPSA) is 188 Å². The summed E-state index contributed by atoms with van der Waals surface area (Å²) in [7, 11) is 0. The number of carbonyl (C=O) groups is 5. The Hall–Kier alpha value is -2.34. The number of rotatable bonds is 13. The molecular formula is C15H26N4O7S. The van der Waals surface area contributed by atoms with Crippen LogP contribution < -0.4 is 21.7 Å². The molecule has 0 radical (unpaired) electrons. The molecule has 0 aliphatic heterocycles. The lowest BCUT2D eigenvalue weighted by Crippen LogP contribution is -2.49. The molecule has 0 saturated carbocycles. The number of nitrogens with one attached hydrogen (secondary N) is 3. The molecular weight excluding hydrogens is 380 g/mol. The minimum Gasteiger partial charge on any atom is -0.480 e. The van der Waals surface area contributed by atoms with Crippen molar-refractivity contribution in [2.75, 3.05) is 18.8 Å². The molecule has 0 fully saturated rings. The maximum Gasteiger partial charge on any atom is 0.322 e. The zero-order valence-electron chi connectivity index (χ0n) is 15.0. The Bertz CT molecular complexity index is 544. The Labute approximate surface area is 160 Å². The lowest BCUT2D eigenvalue weighted by atomic mass is 10.1. The Kier molecular flexibility index (Phi) is 12.6. The number of aliphatic carboxylic acids is 2. The van der Waals surface area contributed by atoms with Crippen molar-refractivity contribution in [2.45, 2.75) is 44.7 Å². The Morgan fingerprint density at radius 3 is 2.33 bits per heavy atom. The summed E-state index contributed by atoms with van der Waals surface area (Å²) in [6.07, 6.45) is 1.34. The van der Waals surface area contributed by atoms with Gasteiger partial charge in [0.25, 0.3) is 5.24 Å². The third-order valence-electron chi connectivity index (χ3n) is 3.25. The number of amides is 3. The van der Waals surface area contributed by atoms with E-state index in [0.717, 1.165) is 24.6 Å². The maximum absolute atomic E-state index is 12.0. The molecule has 0 aromatic heterocycles. The molecule has 0 aliphatic rings. The molecule has 0 aromatic carbocycles. The van der Waals surface area contributed by atoms with E-state index in [9.17, 15) is 24.0 Å². The van der Waals surface area contributed by atoms with Crippen LogP contribution in [-0.2, 0) is 19.2 Å². The van der Waals surface area contributed by atoms with Gasteiger partial charge >= 0.3 is 11.9 Å². The number of hydrogen-bond donors (Lipinski definition) is 6. The highest BCUT2D eigenvalue weighted by molar-refractivity contribution is 8.13. The van der Waals surface area contributed by atoms with Crippen molar-refractivity contribution in [3.63, 3.8) is 0 Å². The highest BCUT2D eigenvalue weighted by Crippen LogP contribution is 2.06. The molecule has 0 aromatic rings. The van der Waals surface area contributed by atoms with Crippen LogP contribution >= 0.6 is 11.8 Å². The molecule has 0 rings (SSSR count). The maximum atomic E-state index is 12.0. The average molecular weight is 406 g/mol. The molecule has 0 spiro atoms. The van der Waals surface area contributed by atoms with Crippen molar-refractivity contribution in [2.24, 2.45) is 5.73 Å². The largest absolute Gasteiger partial charge is 0.480 e. The first kappa shape index (κ1) is 24.7. The van der Waals surface area contributed by atoms with E-state index in [1.165, 1.54) is 0 Å².